The van der Waals surface area contributed by atoms with Gasteiger partial charge in [-0.2, -0.15) is 0 Å². The number of anilines is 2. The van der Waals surface area contributed by atoms with Crippen LogP contribution in [0, 0.1) is 0 Å². The first-order valence-electron chi connectivity index (χ1n) is 5.06. The molecule has 4 N–H and O–H groups in total. The molecule has 0 spiro atoms. The summed E-state index contributed by atoms with van der Waals surface area (Å²) in [6, 6.07) is 1.56. The Morgan fingerprint density at radius 1 is 1.44 bits per heavy atom. The van der Waals surface area contributed by atoms with E-state index in [1.165, 1.54) is 6.20 Å². The third-order valence-electron chi connectivity index (χ3n) is 2.46. The molecule has 0 aliphatic carbocycles. The van der Waals surface area contributed by atoms with Crippen LogP contribution in [0.1, 0.15) is 10.4 Å². The molecule has 0 saturated carbocycles. The second-order valence-electron chi connectivity index (χ2n) is 3.60. The molecule has 0 atom stereocenters. The number of carbonyl (C=O) groups excluding carboxylic acids is 1. The SMILES string of the molecule is NC(=O)c1cc(N)cnc1N1CCOCC1. The smallest absolute Gasteiger partial charge is 0.252 e. The van der Waals surface area contributed by atoms with Crippen molar-refractivity contribution in [2.24, 2.45) is 5.73 Å². The first kappa shape index (κ1) is 10.7. The van der Waals surface area contributed by atoms with Crippen molar-refractivity contribution >= 4 is 17.4 Å². The van der Waals surface area contributed by atoms with Crippen LogP contribution in [0.5, 0.6) is 0 Å². The van der Waals surface area contributed by atoms with Crippen LogP contribution in [0.25, 0.3) is 0 Å². The molecule has 1 aromatic rings. The summed E-state index contributed by atoms with van der Waals surface area (Å²) in [5.41, 5.74) is 11.7. The van der Waals surface area contributed by atoms with Crippen molar-refractivity contribution in [1.82, 2.24) is 4.98 Å². The monoisotopic (exact) mass is 222 g/mol. The third kappa shape index (κ3) is 2.06. The fourth-order valence-corrected chi connectivity index (χ4v) is 1.68. The van der Waals surface area contributed by atoms with Crippen molar-refractivity contribution in [2.45, 2.75) is 0 Å². The lowest BCUT2D eigenvalue weighted by Gasteiger charge is -2.28. The lowest BCUT2D eigenvalue weighted by molar-refractivity contribution is 0.0998. The Hall–Kier alpha value is -1.82. The predicted octanol–water partition coefficient (Wildman–Crippen LogP) is -0.401. The molecule has 1 amide bonds. The van der Waals surface area contributed by atoms with Crippen LogP contribution in [-0.2, 0) is 4.74 Å². The highest BCUT2D eigenvalue weighted by Crippen LogP contribution is 2.20. The maximum atomic E-state index is 11.3. The number of nitrogens with zero attached hydrogens (tertiary/aromatic N) is 2. The minimum absolute atomic E-state index is 0.363. The maximum Gasteiger partial charge on any atom is 0.252 e. The zero-order valence-corrected chi connectivity index (χ0v) is 8.85. The fraction of sp³-hybridized carbons (Fsp3) is 0.400. The molecular weight excluding hydrogens is 208 g/mol. The van der Waals surface area contributed by atoms with E-state index in [0.717, 1.165) is 0 Å². The van der Waals surface area contributed by atoms with E-state index in [4.69, 9.17) is 16.2 Å². The van der Waals surface area contributed by atoms with Crippen LogP contribution < -0.4 is 16.4 Å². The Morgan fingerprint density at radius 3 is 2.75 bits per heavy atom. The first-order chi connectivity index (χ1) is 7.68. The highest BCUT2D eigenvalue weighted by atomic mass is 16.5. The molecule has 1 saturated heterocycles. The van der Waals surface area contributed by atoms with Gasteiger partial charge in [0.25, 0.3) is 5.91 Å². The average molecular weight is 222 g/mol. The van der Waals surface area contributed by atoms with Gasteiger partial charge in [-0.3, -0.25) is 4.79 Å². The average Bonchev–Trinajstić information content (AvgIpc) is 2.30. The van der Waals surface area contributed by atoms with Gasteiger partial charge in [-0.1, -0.05) is 0 Å². The second kappa shape index (κ2) is 4.36. The standard InChI is InChI=1S/C10H14N4O2/c11-7-5-8(9(12)15)10(13-6-7)14-1-3-16-4-2-14/h5-6H,1-4,11H2,(H2,12,15). The van der Waals surface area contributed by atoms with Crippen molar-refractivity contribution in [1.29, 1.82) is 0 Å². The molecule has 0 aromatic carbocycles. The fourth-order valence-electron chi connectivity index (χ4n) is 1.68. The Balaban J connectivity index is 2.34. The first-order valence-corrected chi connectivity index (χ1v) is 5.06. The summed E-state index contributed by atoms with van der Waals surface area (Å²) < 4.78 is 5.23. The third-order valence-corrected chi connectivity index (χ3v) is 2.46. The zero-order valence-electron chi connectivity index (χ0n) is 8.85. The van der Waals surface area contributed by atoms with Gasteiger partial charge in [0.1, 0.15) is 5.82 Å². The minimum Gasteiger partial charge on any atom is -0.397 e. The number of ether oxygens (including phenoxy) is 1. The van der Waals surface area contributed by atoms with E-state index in [-0.39, 0.29) is 0 Å². The van der Waals surface area contributed by atoms with Crippen LogP contribution >= 0.6 is 0 Å². The number of carbonyl (C=O) groups is 1. The molecule has 0 unspecified atom stereocenters. The van der Waals surface area contributed by atoms with E-state index in [1.54, 1.807) is 6.07 Å². The number of nitrogens with two attached hydrogens (primary N) is 2. The second-order valence-corrected chi connectivity index (χ2v) is 3.60. The number of hydrogen-bond donors (Lipinski definition) is 2. The summed E-state index contributed by atoms with van der Waals surface area (Å²) in [6.07, 6.45) is 1.53. The minimum atomic E-state index is -0.513. The van der Waals surface area contributed by atoms with Crippen molar-refractivity contribution in [3.63, 3.8) is 0 Å². The number of nitrogen functional groups attached to an aromatic ring is 1. The van der Waals surface area contributed by atoms with E-state index in [1.807, 2.05) is 4.90 Å². The quantitative estimate of drug-likeness (QED) is 0.710. The predicted molar refractivity (Wildman–Crippen MR) is 60.2 cm³/mol. The van der Waals surface area contributed by atoms with Crippen LogP contribution in [0.15, 0.2) is 12.3 Å². The number of hydrogen-bond acceptors (Lipinski definition) is 5. The van der Waals surface area contributed by atoms with Gasteiger partial charge in [0.05, 0.1) is 30.7 Å². The van der Waals surface area contributed by atoms with Gasteiger partial charge in [0, 0.05) is 13.1 Å². The molecule has 16 heavy (non-hydrogen) atoms. The van der Waals surface area contributed by atoms with E-state index < -0.39 is 5.91 Å². The molecular formula is C10H14N4O2. The van der Waals surface area contributed by atoms with Gasteiger partial charge in [0.15, 0.2) is 0 Å². The van der Waals surface area contributed by atoms with Crippen molar-refractivity contribution in [3.05, 3.63) is 17.8 Å². The Labute approximate surface area is 93.2 Å². The summed E-state index contributed by atoms with van der Waals surface area (Å²) >= 11 is 0. The molecule has 6 heteroatoms. The lowest BCUT2D eigenvalue weighted by atomic mass is 10.2. The molecule has 1 fully saturated rings. The zero-order chi connectivity index (χ0) is 11.5. The van der Waals surface area contributed by atoms with E-state index in [2.05, 4.69) is 4.98 Å². The summed E-state index contributed by atoms with van der Waals surface area (Å²) in [6.45, 7) is 2.67. The normalized spacial score (nSPS) is 16.1. The van der Waals surface area contributed by atoms with Gasteiger partial charge < -0.3 is 21.1 Å². The van der Waals surface area contributed by atoms with Gasteiger partial charge in [-0.15, -0.1) is 0 Å². The maximum absolute atomic E-state index is 11.3. The van der Waals surface area contributed by atoms with Crippen molar-refractivity contribution in [3.8, 4) is 0 Å². The molecule has 1 aliphatic rings. The molecule has 0 bridgehead atoms. The van der Waals surface area contributed by atoms with E-state index in [9.17, 15) is 4.79 Å². The number of rotatable bonds is 2. The molecule has 0 radical (unpaired) electrons. The summed E-state index contributed by atoms with van der Waals surface area (Å²) in [4.78, 5) is 17.4. The van der Waals surface area contributed by atoms with Crippen LogP contribution in [0.2, 0.25) is 0 Å². The molecule has 2 rings (SSSR count). The van der Waals surface area contributed by atoms with Gasteiger partial charge in [0.2, 0.25) is 0 Å². The van der Waals surface area contributed by atoms with Crippen molar-refractivity contribution in [2.75, 3.05) is 36.9 Å². The number of amides is 1. The topological polar surface area (TPSA) is 94.5 Å². The summed E-state index contributed by atoms with van der Waals surface area (Å²) in [7, 11) is 0. The molecule has 1 aliphatic heterocycles. The number of pyridine rings is 1. The van der Waals surface area contributed by atoms with Gasteiger partial charge in [-0.25, -0.2) is 4.98 Å². The number of morpholine rings is 1. The van der Waals surface area contributed by atoms with Gasteiger partial charge in [-0.05, 0) is 6.07 Å². The van der Waals surface area contributed by atoms with E-state index >= 15 is 0 Å². The highest BCUT2D eigenvalue weighted by Gasteiger charge is 2.18. The van der Waals surface area contributed by atoms with Crippen LogP contribution in [0.4, 0.5) is 11.5 Å². The lowest BCUT2D eigenvalue weighted by Crippen LogP contribution is -2.38. The number of primary amides is 1. The van der Waals surface area contributed by atoms with Crippen LogP contribution in [0.3, 0.4) is 0 Å². The van der Waals surface area contributed by atoms with E-state index in [0.29, 0.717) is 43.4 Å². The van der Waals surface area contributed by atoms with Crippen molar-refractivity contribution < 1.29 is 9.53 Å². The largest absolute Gasteiger partial charge is 0.397 e. The molecule has 86 valence electrons. The highest BCUT2D eigenvalue weighted by molar-refractivity contribution is 5.98. The van der Waals surface area contributed by atoms with Gasteiger partial charge >= 0.3 is 0 Å². The molecule has 6 nitrogen and oxygen atoms in total. The summed E-state index contributed by atoms with van der Waals surface area (Å²) in [5, 5.41) is 0. The number of aromatic nitrogens is 1. The molecule has 2 heterocycles. The Morgan fingerprint density at radius 2 is 2.12 bits per heavy atom. The summed E-state index contributed by atoms with van der Waals surface area (Å²) in [5.74, 6) is 0.0753. The Kier molecular flexibility index (Phi) is 2.91. The Bertz CT molecular complexity index is 402. The van der Waals surface area contributed by atoms with Crippen LogP contribution in [-0.4, -0.2) is 37.2 Å². The molecule has 1 aromatic heterocycles.